The van der Waals surface area contributed by atoms with Crippen molar-refractivity contribution in [3.8, 4) is 0 Å². The number of carbonyl (C=O) groups excluding carboxylic acids is 2. The van der Waals surface area contributed by atoms with Gasteiger partial charge >= 0.3 is 5.97 Å². The maximum Gasteiger partial charge on any atom is 0.305 e. The molecule has 0 heterocycles. The maximum absolute atomic E-state index is 12.4. The van der Waals surface area contributed by atoms with Gasteiger partial charge in [-0.2, -0.15) is 0 Å². The van der Waals surface area contributed by atoms with Crippen LogP contribution in [0, 0.1) is 0 Å². The molecule has 0 aliphatic carbocycles. The van der Waals surface area contributed by atoms with E-state index in [0.717, 1.165) is 51.4 Å². The van der Waals surface area contributed by atoms with Gasteiger partial charge in [0.2, 0.25) is 5.91 Å². The molecule has 0 aromatic rings. The van der Waals surface area contributed by atoms with Crippen molar-refractivity contribution in [3.63, 3.8) is 0 Å². The summed E-state index contributed by atoms with van der Waals surface area (Å²) in [6, 6.07) is -0.538. The highest BCUT2D eigenvalue weighted by molar-refractivity contribution is 5.76. The molecule has 2 unspecified atom stereocenters. The zero-order valence-electron chi connectivity index (χ0n) is 43.0. The van der Waals surface area contributed by atoms with E-state index in [0.29, 0.717) is 25.9 Å². The van der Waals surface area contributed by atoms with Gasteiger partial charge in [-0.25, -0.2) is 0 Å². The highest BCUT2D eigenvalue weighted by Crippen LogP contribution is 2.17. The number of rotatable bonds is 53. The van der Waals surface area contributed by atoms with Crippen LogP contribution in [-0.2, 0) is 14.3 Å². The van der Waals surface area contributed by atoms with E-state index in [1.165, 1.54) is 225 Å². The molecule has 378 valence electrons. The van der Waals surface area contributed by atoms with Crippen LogP contribution in [0.15, 0.2) is 24.3 Å². The summed E-state index contributed by atoms with van der Waals surface area (Å²) < 4.78 is 5.47. The Morgan fingerprint density at radius 3 is 1.22 bits per heavy atom. The number of aliphatic hydroxyl groups excluding tert-OH is 2. The Labute approximate surface area is 399 Å². The lowest BCUT2D eigenvalue weighted by Crippen LogP contribution is -2.45. The van der Waals surface area contributed by atoms with Gasteiger partial charge < -0.3 is 20.3 Å². The largest absolute Gasteiger partial charge is 0.466 e. The van der Waals surface area contributed by atoms with Crippen LogP contribution in [0.5, 0.6) is 0 Å². The van der Waals surface area contributed by atoms with Gasteiger partial charge in [-0.15, -0.1) is 0 Å². The molecule has 1 amide bonds. The Morgan fingerprint density at radius 2 is 0.781 bits per heavy atom. The summed E-state index contributed by atoms with van der Waals surface area (Å²) in [5, 5.41) is 23.1. The predicted molar refractivity (Wildman–Crippen MR) is 278 cm³/mol. The van der Waals surface area contributed by atoms with E-state index >= 15 is 0 Å². The lowest BCUT2D eigenvalue weighted by atomic mass is 10.0. The molecule has 0 radical (unpaired) electrons. The van der Waals surface area contributed by atoms with Crippen molar-refractivity contribution in [2.75, 3.05) is 13.2 Å². The first-order chi connectivity index (χ1) is 31.5. The Hall–Kier alpha value is -1.66. The molecule has 64 heavy (non-hydrogen) atoms. The van der Waals surface area contributed by atoms with Crippen molar-refractivity contribution in [2.24, 2.45) is 0 Å². The number of ether oxygens (including phenoxy) is 1. The van der Waals surface area contributed by atoms with E-state index in [4.69, 9.17) is 4.74 Å². The molecule has 3 N–H and O–H groups in total. The number of esters is 1. The van der Waals surface area contributed by atoms with Crippen LogP contribution >= 0.6 is 0 Å². The van der Waals surface area contributed by atoms with E-state index in [-0.39, 0.29) is 18.5 Å². The molecule has 0 aliphatic rings. The molecule has 0 aliphatic heterocycles. The van der Waals surface area contributed by atoms with Gasteiger partial charge in [0.25, 0.3) is 0 Å². The van der Waals surface area contributed by atoms with Crippen molar-refractivity contribution in [1.29, 1.82) is 0 Å². The van der Waals surface area contributed by atoms with E-state index in [9.17, 15) is 19.8 Å². The normalized spacial score (nSPS) is 12.8. The number of aliphatic hydroxyl groups is 2. The quantitative estimate of drug-likeness (QED) is 0.0321. The Balaban J connectivity index is 3.34. The van der Waals surface area contributed by atoms with Crippen LogP contribution in [0.4, 0.5) is 0 Å². The summed E-state index contributed by atoms with van der Waals surface area (Å²) in [7, 11) is 0. The molecule has 0 bridgehead atoms. The number of unbranched alkanes of at least 4 members (excludes halogenated alkanes) is 38. The third-order valence-corrected chi connectivity index (χ3v) is 13.3. The Bertz CT molecular complexity index is 997. The second-order valence-electron chi connectivity index (χ2n) is 19.6. The SMILES string of the molecule is CCCCC/C=C\C/C=C\CCCCCCCC(=O)OCCCCCCCCCCCCCCCCCCCCCCCCCC(=O)NC(CO)C(O)CCCCCCCCCCC. The van der Waals surface area contributed by atoms with Crippen LogP contribution in [0.25, 0.3) is 0 Å². The second kappa shape index (κ2) is 54.0. The summed E-state index contributed by atoms with van der Waals surface area (Å²) in [4.78, 5) is 24.4. The van der Waals surface area contributed by atoms with Gasteiger partial charge in [0.05, 0.1) is 25.4 Å². The average Bonchev–Trinajstić information content (AvgIpc) is 3.29. The van der Waals surface area contributed by atoms with Crippen molar-refractivity contribution in [3.05, 3.63) is 24.3 Å². The molecule has 2 atom stereocenters. The monoisotopic (exact) mass is 902 g/mol. The number of hydrogen-bond donors (Lipinski definition) is 3. The molecule has 0 saturated heterocycles. The number of carbonyl (C=O) groups is 2. The lowest BCUT2D eigenvalue weighted by molar-refractivity contribution is -0.143. The van der Waals surface area contributed by atoms with Crippen molar-refractivity contribution >= 4 is 11.9 Å². The first-order valence-electron chi connectivity index (χ1n) is 28.6. The minimum atomic E-state index is -0.661. The highest BCUT2D eigenvalue weighted by Gasteiger charge is 2.20. The summed E-state index contributed by atoms with van der Waals surface area (Å²) in [6.07, 6.45) is 64.7. The van der Waals surface area contributed by atoms with Crippen molar-refractivity contribution in [1.82, 2.24) is 5.32 Å². The van der Waals surface area contributed by atoms with E-state index < -0.39 is 12.1 Å². The fraction of sp³-hybridized carbons (Fsp3) is 0.897. The summed E-state index contributed by atoms with van der Waals surface area (Å²) >= 11 is 0. The smallest absolute Gasteiger partial charge is 0.305 e. The molecule has 0 aromatic carbocycles. The second-order valence-corrected chi connectivity index (χ2v) is 19.6. The fourth-order valence-electron chi connectivity index (χ4n) is 8.85. The van der Waals surface area contributed by atoms with Gasteiger partial charge in [-0.3, -0.25) is 9.59 Å². The Morgan fingerprint density at radius 1 is 0.438 bits per heavy atom. The van der Waals surface area contributed by atoms with Gasteiger partial charge in [0.1, 0.15) is 0 Å². The maximum atomic E-state index is 12.4. The third kappa shape index (κ3) is 49.8. The fourth-order valence-corrected chi connectivity index (χ4v) is 8.85. The topological polar surface area (TPSA) is 95.9 Å². The standard InChI is InChI=1S/C58H111NO5/c1-3-5-7-9-11-13-14-15-25-29-32-36-40-44-48-52-58(63)64-53-49-45-41-37-33-30-27-24-22-20-18-16-17-19-21-23-26-28-31-35-39-43-47-51-57(62)59-55(54-60)56(61)50-46-42-38-34-12-10-8-6-4-2/h11,13,15,25,55-56,60-61H,3-10,12,14,16-24,26-54H2,1-2H3,(H,59,62)/b13-11-,25-15-. The molecule has 6 nitrogen and oxygen atoms in total. The first kappa shape index (κ1) is 62.3. The average molecular weight is 903 g/mol. The lowest BCUT2D eigenvalue weighted by Gasteiger charge is -2.22. The number of amides is 1. The van der Waals surface area contributed by atoms with E-state index in [2.05, 4.69) is 43.5 Å². The molecular weight excluding hydrogens is 791 g/mol. The van der Waals surface area contributed by atoms with Gasteiger partial charge in [0.15, 0.2) is 0 Å². The van der Waals surface area contributed by atoms with Crippen LogP contribution in [0.1, 0.15) is 309 Å². The summed E-state index contributed by atoms with van der Waals surface area (Å²) in [6.45, 7) is 4.91. The van der Waals surface area contributed by atoms with Crippen LogP contribution in [-0.4, -0.2) is 47.4 Å². The number of nitrogens with one attached hydrogen (secondary N) is 1. The van der Waals surface area contributed by atoms with Crippen LogP contribution in [0.3, 0.4) is 0 Å². The molecule has 6 heteroatoms. The molecule has 0 aromatic heterocycles. The van der Waals surface area contributed by atoms with E-state index in [1.54, 1.807) is 0 Å². The van der Waals surface area contributed by atoms with Gasteiger partial charge in [0, 0.05) is 12.8 Å². The molecule has 0 spiro atoms. The van der Waals surface area contributed by atoms with Crippen molar-refractivity contribution < 1.29 is 24.5 Å². The third-order valence-electron chi connectivity index (χ3n) is 13.3. The minimum absolute atomic E-state index is 0.000278. The molecule has 0 fully saturated rings. The van der Waals surface area contributed by atoms with Crippen LogP contribution in [0.2, 0.25) is 0 Å². The van der Waals surface area contributed by atoms with Gasteiger partial charge in [-0.1, -0.05) is 263 Å². The van der Waals surface area contributed by atoms with E-state index in [1.807, 2.05) is 0 Å². The van der Waals surface area contributed by atoms with Crippen molar-refractivity contribution in [2.45, 2.75) is 321 Å². The summed E-state index contributed by atoms with van der Waals surface area (Å²) in [5.41, 5.74) is 0. The number of allylic oxidation sites excluding steroid dienone is 4. The highest BCUT2D eigenvalue weighted by atomic mass is 16.5. The van der Waals surface area contributed by atoms with Crippen LogP contribution < -0.4 is 5.32 Å². The molecular formula is C58H111NO5. The van der Waals surface area contributed by atoms with Gasteiger partial charge in [-0.05, 0) is 57.8 Å². The number of hydrogen-bond acceptors (Lipinski definition) is 5. The zero-order chi connectivity index (χ0) is 46.5. The molecule has 0 saturated carbocycles. The summed E-state index contributed by atoms with van der Waals surface area (Å²) in [5.74, 6) is -0.0363. The first-order valence-corrected chi connectivity index (χ1v) is 28.6. The predicted octanol–water partition coefficient (Wildman–Crippen LogP) is 17.5. The minimum Gasteiger partial charge on any atom is -0.466 e. The molecule has 0 rings (SSSR count). The Kier molecular flexibility index (Phi) is 52.6. The zero-order valence-corrected chi connectivity index (χ0v) is 43.0.